The minimum Gasteiger partial charge on any atom is -0.381 e. The zero-order valence-corrected chi connectivity index (χ0v) is 12.4. The van der Waals surface area contributed by atoms with Crippen molar-refractivity contribution in [3.63, 3.8) is 0 Å². The van der Waals surface area contributed by atoms with Crippen molar-refractivity contribution in [1.29, 1.82) is 0 Å². The van der Waals surface area contributed by atoms with Gasteiger partial charge in [0.15, 0.2) is 0 Å². The van der Waals surface area contributed by atoms with Gasteiger partial charge in [-0.25, -0.2) is 0 Å². The number of rotatable bonds is 5. The van der Waals surface area contributed by atoms with Crippen LogP contribution >= 0.6 is 0 Å². The fourth-order valence-corrected chi connectivity index (χ4v) is 2.47. The number of ether oxygens (including phenoxy) is 1. The van der Waals surface area contributed by atoms with Gasteiger partial charge < -0.3 is 10.1 Å². The van der Waals surface area contributed by atoms with E-state index in [0.717, 1.165) is 25.7 Å². The zero-order chi connectivity index (χ0) is 12.9. The topological polar surface area (TPSA) is 21.3 Å². The van der Waals surface area contributed by atoms with Crippen LogP contribution in [0.2, 0.25) is 0 Å². The van der Waals surface area contributed by atoms with Gasteiger partial charge in [-0.1, -0.05) is 13.8 Å². The van der Waals surface area contributed by atoms with Crippen LogP contribution in [0, 0.1) is 11.3 Å². The lowest BCUT2D eigenvalue weighted by atomic mass is 9.76. The van der Waals surface area contributed by atoms with E-state index < -0.39 is 0 Å². The standard InChI is InChI=1S/C15H31NO/c1-6-15(5,12-16-14(2,3)4)11-13-7-9-17-10-8-13/h13,16H,6-12H2,1-5H3. The summed E-state index contributed by atoms with van der Waals surface area (Å²) < 4.78 is 5.45. The molecule has 1 aliphatic rings. The maximum atomic E-state index is 5.45. The van der Waals surface area contributed by atoms with Crippen LogP contribution in [0.5, 0.6) is 0 Å². The predicted octanol–water partition coefficient (Wildman–Crippen LogP) is 3.61. The summed E-state index contributed by atoms with van der Waals surface area (Å²) in [4.78, 5) is 0. The van der Waals surface area contributed by atoms with Crippen LogP contribution in [0.1, 0.15) is 60.3 Å². The molecule has 0 aromatic carbocycles. The second-order valence-corrected chi connectivity index (χ2v) is 7.03. The molecule has 0 aromatic heterocycles. The van der Waals surface area contributed by atoms with E-state index in [9.17, 15) is 0 Å². The lowest BCUT2D eigenvalue weighted by Crippen LogP contribution is -2.43. The van der Waals surface area contributed by atoms with E-state index in [1.807, 2.05) is 0 Å². The third-order valence-corrected chi connectivity index (χ3v) is 4.02. The van der Waals surface area contributed by atoms with Gasteiger partial charge in [0.05, 0.1) is 0 Å². The van der Waals surface area contributed by atoms with Crippen LogP contribution in [-0.4, -0.2) is 25.3 Å². The van der Waals surface area contributed by atoms with Crippen molar-refractivity contribution in [2.24, 2.45) is 11.3 Å². The first kappa shape index (κ1) is 15.0. The SMILES string of the molecule is CCC(C)(CNC(C)(C)C)CC1CCOCC1. The first-order valence-corrected chi connectivity index (χ1v) is 7.17. The van der Waals surface area contributed by atoms with Crippen molar-refractivity contribution in [1.82, 2.24) is 5.32 Å². The molecule has 2 nitrogen and oxygen atoms in total. The Balaban J connectivity index is 2.43. The first-order valence-electron chi connectivity index (χ1n) is 7.17. The monoisotopic (exact) mass is 241 g/mol. The summed E-state index contributed by atoms with van der Waals surface area (Å²) in [6.07, 6.45) is 5.11. The maximum Gasteiger partial charge on any atom is 0.0468 e. The average molecular weight is 241 g/mol. The number of nitrogens with one attached hydrogen (secondary N) is 1. The van der Waals surface area contributed by atoms with E-state index in [0.29, 0.717) is 5.41 Å². The van der Waals surface area contributed by atoms with Gasteiger partial charge in [0.25, 0.3) is 0 Å². The molecule has 17 heavy (non-hydrogen) atoms. The van der Waals surface area contributed by atoms with Gasteiger partial charge in [0.2, 0.25) is 0 Å². The minimum atomic E-state index is 0.228. The van der Waals surface area contributed by atoms with Gasteiger partial charge in [0.1, 0.15) is 0 Å². The van der Waals surface area contributed by atoms with Gasteiger partial charge in [-0.05, 0) is 57.8 Å². The van der Waals surface area contributed by atoms with E-state index in [4.69, 9.17) is 4.74 Å². The Labute approximate surface area is 108 Å². The van der Waals surface area contributed by atoms with Crippen LogP contribution < -0.4 is 5.32 Å². The molecule has 0 bridgehead atoms. The Bertz CT molecular complexity index is 215. The van der Waals surface area contributed by atoms with E-state index in [-0.39, 0.29) is 5.54 Å². The van der Waals surface area contributed by atoms with Gasteiger partial charge in [-0.3, -0.25) is 0 Å². The molecule has 1 heterocycles. The summed E-state index contributed by atoms with van der Waals surface area (Å²) in [5.74, 6) is 0.871. The molecule has 102 valence electrons. The average Bonchev–Trinajstić information content (AvgIpc) is 2.27. The molecule has 1 aliphatic heterocycles. The maximum absolute atomic E-state index is 5.45. The Morgan fingerprint density at radius 2 is 1.71 bits per heavy atom. The van der Waals surface area contributed by atoms with Crippen LogP contribution in [0.3, 0.4) is 0 Å². The van der Waals surface area contributed by atoms with Crippen molar-refractivity contribution < 1.29 is 4.74 Å². The lowest BCUT2D eigenvalue weighted by molar-refractivity contribution is 0.0472. The molecule has 1 fully saturated rings. The van der Waals surface area contributed by atoms with E-state index in [1.165, 1.54) is 25.7 Å². The Morgan fingerprint density at radius 3 is 2.18 bits per heavy atom. The van der Waals surface area contributed by atoms with Gasteiger partial charge in [-0.2, -0.15) is 0 Å². The van der Waals surface area contributed by atoms with E-state index >= 15 is 0 Å². The predicted molar refractivity (Wildman–Crippen MR) is 74.3 cm³/mol. The quantitative estimate of drug-likeness (QED) is 0.794. The van der Waals surface area contributed by atoms with Gasteiger partial charge >= 0.3 is 0 Å². The Hall–Kier alpha value is -0.0800. The molecule has 1 rings (SSSR count). The molecule has 1 unspecified atom stereocenters. The largest absolute Gasteiger partial charge is 0.381 e. The molecular weight excluding hydrogens is 210 g/mol. The van der Waals surface area contributed by atoms with Crippen molar-refractivity contribution in [3.05, 3.63) is 0 Å². The summed E-state index contributed by atoms with van der Waals surface area (Å²) in [7, 11) is 0. The molecule has 0 aliphatic carbocycles. The van der Waals surface area contributed by atoms with Crippen molar-refractivity contribution in [3.8, 4) is 0 Å². The summed E-state index contributed by atoms with van der Waals surface area (Å²) in [6.45, 7) is 14.6. The second kappa shape index (κ2) is 6.19. The van der Waals surface area contributed by atoms with Crippen molar-refractivity contribution in [2.75, 3.05) is 19.8 Å². The van der Waals surface area contributed by atoms with Crippen LogP contribution in [-0.2, 0) is 4.74 Å². The highest BCUT2D eigenvalue weighted by molar-refractivity contribution is 4.83. The Morgan fingerprint density at radius 1 is 1.12 bits per heavy atom. The zero-order valence-electron chi connectivity index (χ0n) is 12.4. The van der Waals surface area contributed by atoms with Crippen molar-refractivity contribution in [2.45, 2.75) is 65.8 Å². The summed E-state index contributed by atoms with van der Waals surface area (Å²) in [5, 5.41) is 3.67. The first-order chi connectivity index (χ1) is 7.85. The fourth-order valence-electron chi connectivity index (χ4n) is 2.47. The molecule has 1 saturated heterocycles. The lowest BCUT2D eigenvalue weighted by Gasteiger charge is -2.36. The summed E-state index contributed by atoms with van der Waals surface area (Å²) in [5.41, 5.74) is 0.668. The summed E-state index contributed by atoms with van der Waals surface area (Å²) >= 11 is 0. The highest BCUT2D eigenvalue weighted by atomic mass is 16.5. The van der Waals surface area contributed by atoms with Crippen LogP contribution in [0.4, 0.5) is 0 Å². The second-order valence-electron chi connectivity index (χ2n) is 7.03. The highest BCUT2D eigenvalue weighted by Gasteiger charge is 2.28. The van der Waals surface area contributed by atoms with Gasteiger partial charge in [0, 0.05) is 25.3 Å². The molecule has 2 heteroatoms. The highest BCUT2D eigenvalue weighted by Crippen LogP contribution is 2.33. The molecule has 0 amide bonds. The van der Waals surface area contributed by atoms with Crippen LogP contribution in [0.15, 0.2) is 0 Å². The molecule has 0 aromatic rings. The number of hydrogen-bond donors (Lipinski definition) is 1. The molecule has 0 spiro atoms. The Kier molecular flexibility index (Phi) is 5.46. The van der Waals surface area contributed by atoms with E-state index in [2.05, 4.69) is 39.9 Å². The molecule has 0 saturated carbocycles. The minimum absolute atomic E-state index is 0.228. The third-order valence-electron chi connectivity index (χ3n) is 4.02. The smallest absolute Gasteiger partial charge is 0.0468 e. The number of hydrogen-bond acceptors (Lipinski definition) is 2. The normalized spacial score (nSPS) is 22.4. The molecular formula is C15H31NO. The molecule has 1 atom stereocenters. The fraction of sp³-hybridized carbons (Fsp3) is 1.00. The van der Waals surface area contributed by atoms with Gasteiger partial charge in [-0.15, -0.1) is 0 Å². The molecule has 0 radical (unpaired) electrons. The van der Waals surface area contributed by atoms with E-state index in [1.54, 1.807) is 0 Å². The van der Waals surface area contributed by atoms with Crippen LogP contribution in [0.25, 0.3) is 0 Å². The van der Waals surface area contributed by atoms with Crippen molar-refractivity contribution >= 4 is 0 Å². The third kappa shape index (κ3) is 5.87. The summed E-state index contributed by atoms with van der Waals surface area (Å²) in [6, 6.07) is 0. The molecule has 1 N–H and O–H groups in total.